The van der Waals surface area contributed by atoms with Gasteiger partial charge < -0.3 is 10.1 Å². The Labute approximate surface area is 176 Å². The minimum Gasteiger partial charge on any atom is -0.462 e. The van der Waals surface area contributed by atoms with Crippen molar-refractivity contribution in [2.75, 3.05) is 26.2 Å². The molecule has 2 aromatic rings. The highest BCUT2D eigenvalue weighted by atomic mass is 35.5. The largest absolute Gasteiger partial charge is 0.462 e. The van der Waals surface area contributed by atoms with Crippen molar-refractivity contribution in [2.24, 2.45) is 0 Å². The van der Waals surface area contributed by atoms with Crippen LogP contribution in [0.3, 0.4) is 0 Å². The Hall–Kier alpha value is -2.44. The normalized spacial score (nSPS) is 15.1. The van der Waals surface area contributed by atoms with Crippen LogP contribution in [-0.4, -0.2) is 48.0 Å². The van der Waals surface area contributed by atoms with Crippen molar-refractivity contribution in [3.8, 4) is 0 Å². The monoisotopic (exact) mass is 415 g/mol. The number of nitrogens with one attached hydrogen (secondary N) is 1. The maximum atomic E-state index is 12.7. The number of nitrogens with zero attached hydrogens (tertiary/aromatic N) is 2. The summed E-state index contributed by atoms with van der Waals surface area (Å²) < 4.78 is 5.01. The van der Waals surface area contributed by atoms with Gasteiger partial charge in [0.1, 0.15) is 5.69 Å². The van der Waals surface area contributed by atoms with Crippen LogP contribution in [0.25, 0.3) is 0 Å². The molecule has 1 aliphatic rings. The lowest BCUT2D eigenvalue weighted by Crippen LogP contribution is -2.37. The SMILES string of the molecule is CCOC(=O)c1ccc(C(=O)NCC(c2cccc(Cl)c2)N2CCCC2)nc1C. The second-order valence-electron chi connectivity index (χ2n) is 7.07. The van der Waals surface area contributed by atoms with E-state index in [0.717, 1.165) is 31.5 Å². The quantitative estimate of drug-likeness (QED) is 0.696. The van der Waals surface area contributed by atoms with Crippen molar-refractivity contribution >= 4 is 23.5 Å². The molecule has 1 aromatic carbocycles. The van der Waals surface area contributed by atoms with Crippen LogP contribution in [-0.2, 0) is 4.74 Å². The highest BCUT2D eigenvalue weighted by Gasteiger charge is 2.24. The van der Waals surface area contributed by atoms with Crippen LogP contribution in [0.4, 0.5) is 0 Å². The highest BCUT2D eigenvalue weighted by Crippen LogP contribution is 2.26. The smallest absolute Gasteiger partial charge is 0.339 e. The van der Waals surface area contributed by atoms with Gasteiger partial charge >= 0.3 is 5.97 Å². The average molecular weight is 416 g/mol. The third-order valence-corrected chi connectivity index (χ3v) is 5.32. The first-order valence-corrected chi connectivity index (χ1v) is 10.3. The molecule has 1 saturated heterocycles. The number of aryl methyl sites for hydroxylation is 1. The minimum absolute atomic E-state index is 0.0556. The standard InChI is InChI=1S/C22H26ClN3O3/c1-3-29-22(28)18-9-10-19(25-15(18)2)21(27)24-14-20(26-11-4-5-12-26)16-7-6-8-17(23)13-16/h6-10,13,20H,3-5,11-12,14H2,1-2H3,(H,24,27). The van der Waals surface area contributed by atoms with Gasteiger partial charge in [-0.15, -0.1) is 0 Å². The van der Waals surface area contributed by atoms with E-state index in [1.165, 1.54) is 0 Å². The molecular formula is C22H26ClN3O3. The number of esters is 1. The van der Waals surface area contributed by atoms with Gasteiger partial charge in [-0.3, -0.25) is 9.69 Å². The Morgan fingerprint density at radius 2 is 2.00 bits per heavy atom. The van der Waals surface area contributed by atoms with Crippen molar-refractivity contribution in [2.45, 2.75) is 32.7 Å². The summed E-state index contributed by atoms with van der Waals surface area (Å²) in [4.78, 5) is 31.3. The van der Waals surface area contributed by atoms with E-state index in [0.29, 0.717) is 29.4 Å². The lowest BCUT2D eigenvalue weighted by atomic mass is 10.1. The number of carbonyl (C=O) groups is 2. The van der Waals surface area contributed by atoms with Crippen LogP contribution in [0.1, 0.15) is 57.9 Å². The van der Waals surface area contributed by atoms with E-state index in [2.05, 4.69) is 15.2 Å². The average Bonchev–Trinajstić information content (AvgIpc) is 3.22. The van der Waals surface area contributed by atoms with Crippen molar-refractivity contribution in [3.63, 3.8) is 0 Å². The first kappa shape index (κ1) is 21.3. The topological polar surface area (TPSA) is 71.5 Å². The first-order chi connectivity index (χ1) is 14.0. The lowest BCUT2D eigenvalue weighted by molar-refractivity contribution is 0.0524. The summed E-state index contributed by atoms with van der Waals surface area (Å²) in [6, 6.07) is 11.0. The zero-order valence-electron chi connectivity index (χ0n) is 16.8. The lowest BCUT2D eigenvalue weighted by Gasteiger charge is -2.28. The number of aromatic nitrogens is 1. The van der Waals surface area contributed by atoms with Gasteiger partial charge in [0, 0.05) is 11.6 Å². The fourth-order valence-corrected chi connectivity index (χ4v) is 3.82. The second kappa shape index (κ2) is 9.85. The van der Waals surface area contributed by atoms with Gasteiger partial charge in [0.2, 0.25) is 0 Å². The second-order valence-corrected chi connectivity index (χ2v) is 7.51. The molecule has 29 heavy (non-hydrogen) atoms. The summed E-state index contributed by atoms with van der Waals surface area (Å²) in [7, 11) is 0. The molecule has 0 spiro atoms. The molecule has 1 fully saturated rings. The molecule has 1 aromatic heterocycles. The number of ether oxygens (including phenoxy) is 1. The van der Waals surface area contributed by atoms with Gasteiger partial charge in [-0.1, -0.05) is 23.7 Å². The van der Waals surface area contributed by atoms with E-state index in [1.807, 2.05) is 24.3 Å². The molecule has 6 nitrogen and oxygen atoms in total. The van der Waals surface area contributed by atoms with E-state index in [-0.39, 0.29) is 17.6 Å². The summed E-state index contributed by atoms with van der Waals surface area (Å²) in [6.45, 7) is 6.19. The number of hydrogen-bond acceptors (Lipinski definition) is 5. The summed E-state index contributed by atoms with van der Waals surface area (Å²) in [6.07, 6.45) is 2.31. The predicted octanol–water partition coefficient (Wildman–Crippen LogP) is 3.79. The van der Waals surface area contributed by atoms with Gasteiger partial charge in [0.05, 0.1) is 23.9 Å². The third-order valence-electron chi connectivity index (χ3n) is 5.08. The van der Waals surface area contributed by atoms with Gasteiger partial charge in [-0.2, -0.15) is 0 Å². The third kappa shape index (κ3) is 5.34. The molecule has 1 aliphatic heterocycles. The number of rotatable bonds is 7. The van der Waals surface area contributed by atoms with Gasteiger partial charge in [0.15, 0.2) is 0 Å². The molecule has 1 N–H and O–H groups in total. The molecule has 3 rings (SSSR count). The Morgan fingerprint density at radius 3 is 2.66 bits per heavy atom. The maximum absolute atomic E-state index is 12.7. The fourth-order valence-electron chi connectivity index (χ4n) is 3.62. The summed E-state index contributed by atoms with van der Waals surface area (Å²) >= 11 is 6.18. The molecule has 0 radical (unpaired) electrons. The van der Waals surface area contributed by atoms with E-state index < -0.39 is 5.97 Å². The number of amides is 1. The van der Waals surface area contributed by atoms with Crippen molar-refractivity contribution in [1.82, 2.24) is 15.2 Å². The van der Waals surface area contributed by atoms with Gasteiger partial charge in [0.25, 0.3) is 5.91 Å². The fraction of sp³-hybridized carbons (Fsp3) is 0.409. The Balaban J connectivity index is 1.71. The van der Waals surface area contributed by atoms with Crippen molar-refractivity contribution in [1.29, 1.82) is 0 Å². The zero-order chi connectivity index (χ0) is 20.8. The van der Waals surface area contributed by atoms with Crippen LogP contribution < -0.4 is 5.32 Å². The number of hydrogen-bond donors (Lipinski definition) is 1. The van der Waals surface area contributed by atoms with Crippen molar-refractivity contribution in [3.05, 3.63) is 63.9 Å². The highest BCUT2D eigenvalue weighted by molar-refractivity contribution is 6.30. The molecule has 154 valence electrons. The molecule has 7 heteroatoms. The van der Waals surface area contributed by atoms with Crippen LogP contribution in [0.2, 0.25) is 5.02 Å². The van der Waals surface area contributed by atoms with Gasteiger partial charge in [-0.05, 0) is 69.6 Å². The van der Waals surface area contributed by atoms with E-state index >= 15 is 0 Å². The van der Waals surface area contributed by atoms with Gasteiger partial charge in [-0.25, -0.2) is 9.78 Å². The van der Waals surface area contributed by atoms with Crippen LogP contribution >= 0.6 is 11.6 Å². The van der Waals surface area contributed by atoms with E-state index in [1.54, 1.807) is 26.0 Å². The molecular weight excluding hydrogens is 390 g/mol. The van der Waals surface area contributed by atoms with E-state index in [4.69, 9.17) is 16.3 Å². The van der Waals surface area contributed by atoms with Crippen LogP contribution in [0.5, 0.6) is 0 Å². The Kier molecular flexibility index (Phi) is 7.23. The summed E-state index contributed by atoms with van der Waals surface area (Å²) in [5.41, 5.74) is 2.21. The molecule has 1 atom stereocenters. The molecule has 2 heterocycles. The minimum atomic E-state index is -0.431. The number of pyridine rings is 1. The molecule has 1 amide bonds. The Morgan fingerprint density at radius 1 is 1.24 bits per heavy atom. The molecule has 1 unspecified atom stereocenters. The number of carbonyl (C=O) groups excluding carboxylic acids is 2. The van der Waals surface area contributed by atoms with E-state index in [9.17, 15) is 9.59 Å². The summed E-state index contributed by atoms with van der Waals surface area (Å²) in [5.74, 6) is -0.700. The van der Waals surface area contributed by atoms with Crippen LogP contribution in [0, 0.1) is 6.92 Å². The molecule has 0 aliphatic carbocycles. The van der Waals surface area contributed by atoms with Crippen LogP contribution in [0.15, 0.2) is 36.4 Å². The Bertz CT molecular complexity index is 881. The molecule has 0 bridgehead atoms. The number of halogens is 1. The summed E-state index contributed by atoms with van der Waals surface area (Å²) in [5, 5.41) is 3.68. The first-order valence-electron chi connectivity index (χ1n) is 9.92. The predicted molar refractivity (Wildman–Crippen MR) is 112 cm³/mol. The number of likely N-dealkylation sites (tertiary alicyclic amines) is 1. The molecule has 0 saturated carbocycles. The maximum Gasteiger partial charge on any atom is 0.339 e. The number of benzene rings is 1. The van der Waals surface area contributed by atoms with Crippen molar-refractivity contribution < 1.29 is 14.3 Å². The zero-order valence-corrected chi connectivity index (χ0v) is 17.5.